The van der Waals surface area contributed by atoms with Crippen LogP contribution in [0.15, 0.2) is 18.2 Å². The number of alkyl halides is 2. The second-order valence-electron chi connectivity index (χ2n) is 4.92. The Balaban J connectivity index is 2.22. The van der Waals surface area contributed by atoms with E-state index in [1.165, 1.54) is 12.1 Å². The summed E-state index contributed by atoms with van der Waals surface area (Å²) in [5, 5.41) is 13.4. The number of nitro benzene ring substituents is 1. The van der Waals surface area contributed by atoms with Gasteiger partial charge < -0.3 is 5.32 Å². The van der Waals surface area contributed by atoms with Gasteiger partial charge in [-0.25, -0.2) is 0 Å². The number of carbonyl (C=O) groups is 1. The molecule has 0 radical (unpaired) electrons. The first-order valence-electron chi connectivity index (χ1n) is 5.62. The molecule has 5 nitrogen and oxygen atoms in total. The Morgan fingerprint density at radius 1 is 1.47 bits per heavy atom. The summed E-state index contributed by atoms with van der Waals surface area (Å²) in [5.74, 6) is -0.332. The van der Waals surface area contributed by atoms with Crippen LogP contribution in [-0.4, -0.2) is 15.2 Å². The van der Waals surface area contributed by atoms with Crippen molar-refractivity contribution >= 4 is 40.5 Å². The van der Waals surface area contributed by atoms with Gasteiger partial charge in [0.2, 0.25) is 5.91 Å². The van der Waals surface area contributed by atoms with Gasteiger partial charge in [-0.2, -0.15) is 0 Å². The average Bonchev–Trinajstić information content (AvgIpc) is 2.82. The van der Waals surface area contributed by atoms with E-state index in [4.69, 9.17) is 23.2 Å². The quantitative estimate of drug-likeness (QED) is 0.528. The van der Waals surface area contributed by atoms with E-state index < -0.39 is 14.7 Å². The Kier molecular flexibility index (Phi) is 3.23. The largest absolute Gasteiger partial charge is 0.325 e. The zero-order valence-electron chi connectivity index (χ0n) is 10.4. The number of rotatable bonds is 3. The third-order valence-electron chi connectivity index (χ3n) is 3.44. The summed E-state index contributed by atoms with van der Waals surface area (Å²) < 4.78 is -1.06. The zero-order chi connectivity index (χ0) is 14.4. The third kappa shape index (κ3) is 2.40. The highest BCUT2D eigenvalue weighted by atomic mass is 35.5. The van der Waals surface area contributed by atoms with E-state index in [2.05, 4.69) is 5.32 Å². The first kappa shape index (κ1) is 14.1. The Labute approximate surface area is 120 Å². The van der Waals surface area contributed by atoms with E-state index >= 15 is 0 Å². The molecule has 7 heteroatoms. The number of benzene rings is 1. The molecule has 0 spiro atoms. The highest BCUT2D eigenvalue weighted by Gasteiger charge is 2.67. The standard InChI is InChI=1S/C12H12Cl2N2O3/c1-7-3-4-8(16(18)19)5-9(7)15-10(17)11(2)6-12(11,13)14/h3-5H,6H2,1-2H3,(H,15,17). The van der Waals surface area contributed by atoms with E-state index in [1.807, 2.05) is 0 Å². The maximum atomic E-state index is 12.1. The van der Waals surface area contributed by atoms with Crippen LogP contribution in [0.5, 0.6) is 0 Å². The SMILES string of the molecule is Cc1ccc([N+](=O)[O-])cc1NC(=O)C1(C)CC1(Cl)Cl. The summed E-state index contributed by atoms with van der Waals surface area (Å²) in [6.07, 6.45) is 0.364. The fourth-order valence-electron chi connectivity index (χ4n) is 1.76. The van der Waals surface area contributed by atoms with Crippen molar-refractivity contribution in [3.63, 3.8) is 0 Å². The van der Waals surface area contributed by atoms with Crippen molar-refractivity contribution in [2.45, 2.75) is 24.6 Å². The van der Waals surface area contributed by atoms with E-state index in [9.17, 15) is 14.9 Å². The first-order valence-corrected chi connectivity index (χ1v) is 6.37. The van der Waals surface area contributed by atoms with Gasteiger partial charge in [-0.05, 0) is 25.8 Å². The smallest absolute Gasteiger partial charge is 0.271 e. The minimum atomic E-state index is -1.06. The molecule has 1 aromatic rings. The normalized spacial score (nSPS) is 23.8. The van der Waals surface area contributed by atoms with Crippen LogP contribution in [-0.2, 0) is 4.79 Å². The van der Waals surface area contributed by atoms with Gasteiger partial charge in [-0.3, -0.25) is 14.9 Å². The van der Waals surface area contributed by atoms with Gasteiger partial charge in [0.25, 0.3) is 5.69 Å². The molecule has 1 aliphatic carbocycles. The summed E-state index contributed by atoms with van der Waals surface area (Å²) in [7, 11) is 0. The molecule has 1 N–H and O–H groups in total. The fourth-order valence-corrected chi connectivity index (χ4v) is 2.47. The summed E-state index contributed by atoms with van der Waals surface area (Å²) >= 11 is 11.9. The highest BCUT2D eigenvalue weighted by Crippen LogP contribution is 2.64. The number of non-ortho nitro benzene ring substituents is 1. The lowest BCUT2D eigenvalue weighted by Crippen LogP contribution is -2.26. The van der Waals surface area contributed by atoms with Crippen LogP contribution >= 0.6 is 23.2 Å². The summed E-state index contributed by atoms with van der Waals surface area (Å²) in [6, 6.07) is 4.29. The van der Waals surface area contributed by atoms with Crippen LogP contribution < -0.4 is 5.32 Å². The van der Waals surface area contributed by atoms with Crippen molar-refractivity contribution in [3.05, 3.63) is 33.9 Å². The van der Waals surface area contributed by atoms with Crippen LogP contribution in [0.4, 0.5) is 11.4 Å². The molecule has 1 saturated carbocycles. The Morgan fingerprint density at radius 3 is 2.53 bits per heavy atom. The number of halogens is 2. The van der Waals surface area contributed by atoms with Crippen molar-refractivity contribution in [1.82, 2.24) is 0 Å². The molecule has 0 bridgehead atoms. The molecule has 1 aromatic carbocycles. The second kappa shape index (κ2) is 4.35. The minimum Gasteiger partial charge on any atom is -0.325 e. The molecule has 2 rings (SSSR count). The first-order chi connectivity index (χ1) is 8.67. The Morgan fingerprint density at radius 2 is 2.05 bits per heavy atom. The predicted molar refractivity (Wildman–Crippen MR) is 73.6 cm³/mol. The molecule has 1 unspecified atom stereocenters. The van der Waals surface area contributed by atoms with Crippen molar-refractivity contribution in [2.24, 2.45) is 5.41 Å². The number of nitrogens with one attached hydrogen (secondary N) is 1. The predicted octanol–water partition coefficient (Wildman–Crippen LogP) is 3.43. The molecule has 1 amide bonds. The molecule has 0 aromatic heterocycles. The molecular weight excluding hydrogens is 291 g/mol. The van der Waals surface area contributed by atoms with Crippen LogP contribution in [0.25, 0.3) is 0 Å². The minimum absolute atomic E-state index is 0.0788. The number of anilines is 1. The summed E-state index contributed by atoms with van der Waals surface area (Å²) in [5.41, 5.74) is 0.201. The van der Waals surface area contributed by atoms with Crippen molar-refractivity contribution in [2.75, 3.05) is 5.32 Å². The van der Waals surface area contributed by atoms with E-state index in [-0.39, 0.29) is 11.6 Å². The highest BCUT2D eigenvalue weighted by molar-refractivity contribution is 6.53. The lowest BCUT2D eigenvalue weighted by molar-refractivity contribution is -0.384. The van der Waals surface area contributed by atoms with Crippen molar-refractivity contribution in [3.8, 4) is 0 Å². The molecule has 19 heavy (non-hydrogen) atoms. The lowest BCUT2D eigenvalue weighted by Gasteiger charge is -2.14. The molecule has 0 heterocycles. The topological polar surface area (TPSA) is 72.2 Å². The van der Waals surface area contributed by atoms with Crippen LogP contribution in [0.2, 0.25) is 0 Å². The van der Waals surface area contributed by atoms with Gasteiger partial charge in [0.15, 0.2) is 0 Å². The number of aryl methyl sites for hydroxylation is 1. The number of hydrogen-bond acceptors (Lipinski definition) is 3. The van der Waals surface area contributed by atoms with Crippen molar-refractivity contribution < 1.29 is 9.72 Å². The number of nitro groups is 1. The van der Waals surface area contributed by atoms with E-state index in [0.717, 1.165) is 5.56 Å². The van der Waals surface area contributed by atoms with E-state index in [0.29, 0.717) is 12.1 Å². The van der Waals surface area contributed by atoms with Crippen LogP contribution in [0.1, 0.15) is 18.9 Å². The van der Waals surface area contributed by atoms with Gasteiger partial charge in [0, 0.05) is 12.1 Å². The monoisotopic (exact) mass is 302 g/mol. The summed E-state index contributed by atoms with van der Waals surface area (Å²) in [4.78, 5) is 22.3. The lowest BCUT2D eigenvalue weighted by atomic mass is 10.1. The molecule has 0 saturated heterocycles. The van der Waals surface area contributed by atoms with E-state index in [1.54, 1.807) is 19.9 Å². The number of amides is 1. The summed E-state index contributed by atoms with van der Waals surface area (Å²) in [6.45, 7) is 3.41. The Bertz CT molecular complexity index is 574. The molecule has 1 aliphatic rings. The molecule has 102 valence electrons. The van der Waals surface area contributed by atoms with Crippen LogP contribution in [0, 0.1) is 22.5 Å². The number of carbonyl (C=O) groups excluding carboxylic acids is 1. The average molecular weight is 303 g/mol. The molecular formula is C12H12Cl2N2O3. The second-order valence-corrected chi connectivity index (χ2v) is 6.41. The molecule has 0 aliphatic heterocycles. The number of hydrogen-bond donors (Lipinski definition) is 1. The third-order valence-corrected chi connectivity index (χ3v) is 4.54. The Hall–Kier alpha value is -1.33. The number of nitrogens with zero attached hydrogens (tertiary/aromatic N) is 1. The maximum Gasteiger partial charge on any atom is 0.271 e. The van der Waals surface area contributed by atoms with Crippen molar-refractivity contribution in [1.29, 1.82) is 0 Å². The van der Waals surface area contributed by atoms with Gasteiger partial charge >= 0.3 is 0 Å². The van der Waals surface area contributed by atoms with Gasteiger partial charge in [0.1, 0.15) is 4.33 Å². The molecule has 1 fully saturated rings. The molecule has 1 atom stereocenters. The van der Waals surface area contributed by atoms with Gasteiger partial charge in [-0.15, -0.1) is 23.2 Å². The van der Waals surface area contributed by atoms with Gasteiger partial charge in [-0.1, -0.05) is 6.07 Å². The maximum absolute atomic E-state index is 12.1. The zero-order valence-corrected chi connectivity index (χ0v) is 11.9. The van der Waals surface area contributed by atoms with Gasteiger partial charge in [0.05, 0.1) is 16.0 Å². The van der Waals surface area contributed by atoms with Crippen LogP contribution in [0.3, 0.4) is 0 Å². The fraction of sp³-hybridized carbons (Fsp3) is 0.417.